The molecule has 3 rings (SSSR count). The Labute approximate surface area is 116 Å². The molecule has 0 amide bonds. The SMILES string of the molecule is COC[C@H]1CN(Cc2scnc2C)Cc2cncn21. The molecule has 0 unspecified atom stereocenters. The molecule has 2 aromatic heterocycles. The van der Waals surface area contributed by atoms with Gasteiger partial charge in [-0.2, -0.15) is 0 Å². The van der Waals surface area contributed by atoms with Crippen LogP contribution in [0, 0.1) is 6.92 Å². The third-order valence-electron chi connectivity index (χ3n) is 3.57. The maximum atomic E-state index is 5.33. The molecule has 102 valence electrons. The molecule has 0 bridgehead atoms. The third-order valence-corrected chi connectivity index (χ3v) is 4.49. The van der Waals surface area contributed by atoms with Crippen LogP contribution < -0.4 is 0 Å². The van der Waals surface area contributed by atoms with Gasteiger partial charge >= 0.3 is 0 Å². The lowest BCUT2D eigenvalue weighted by molar-refractivity contribution is 0.0987. The van der Waals surface area contributed by atoms with E-state index in [1.54, 1.807) is 18.4 Å². The van der Waals surface area contributed by atoms with Gasteiger partial charge in [-0.25, -0.2) is 9.97 Å². The van der Waals surface area contributed by atoms with Crippen LogP contribution in [-0.2, 0) is 17.8 Å². The van der Waals surface area contributed by atoms with E-state index >= 15 is 0 Å². The van der Waals surface area contributed by atoms with Crippen molar-refractivity contribution in [3.8, 4) is 0 Å². The molecule has 0 radical (unpaired) electrons. The van der Waals surface area contributed by atoms with Crippen LogP contribution in [0.1, 0.15) is 22.3 Å². The van der Waals surface area contributed by atoms with Crippen LogP contribution >= 0.6 is 11.3 Å². The van der Waals surface area contributed by atoms with E-state index in [1.165, 1.54) is 10.6 Å². The second-order valence-electron chi connectivity index (χ2n) is 4.93. The lowest BCUT2D eigenvalue weighted by Gasteiger charge is -2.33. The summed E-state index contributed by atoms with van der Waals surface area (Å²) >= 11 is 1.73. The summed E-state index contributed by atoms with van der Waals surface area (Å²) in [4.78, 5) is 12.4. The smallest absolute Gasteiger partial charge is 0.0952 e. The van der Waals surface area contributed by atoms with Crippen molar-refractivity contribution >= 4 is 11.3 Å². The van der Waals surface area contributed by atoms with Gasteiger partial charge in [-0.05, 0) is 6.92 Å². The Balaban J connectivity index is 1.77. The molecule has 0 aromatic carbocycles. The van der Waals surface area contributed by atoms with Crippen LogP contribution in [0.25, 0.3) is 0 Å². The molecule has 0 saturated heterocycles. The van der Waals surface area contributed by atoms with Crippen molar-refractivity contribution < 1.29 is 4.74 Å². The first-order valence-electron chi connectivity index (χ1n) is 6.39. The summed E-state index contributed by atoms with van der Waals surface area (Å²) in [5, 5.41) is 0. The van der Waals surface area contributed by atoms with Gasteiger partial charge in [0, 0.05) is 37.8 Å². The summed E-state index contributed by atoms with van der Waals surface area (Å²) in [7, 11) is 1.75. The van der Waals surface area contributed by atoms with Crippen molar-refractivity contribution in [1.29, 1.82) is 0 Å². The number of aromatic nitrogens is 3. The van der Waals surface area contributed by atoms with E-state index in [-0.39, 0.29) is 0 Å². The second kappa shape index (κ2) is 5.40. The number of ether oxygens (including phenoxy) is 1. The van der Waals surface area contributed by atoms with Gasteiger partial charge in [-0.3, -0.25) is 4.90 Å². The van der Waals surface area contributed by atoms with Crippen molar-refractivity contribution in [2.45, 2.75) is 26.1 Å². The lowest BCUT2D eigenvalue weighted by atomic mass is 10.2. The predicted octanol–water partition coefficient (Wildman–Crippen LogP) is 1.85. The van der Waals surface area contributed by atoms with E-state index in [1.807, 2.05) is 18.0 Å². The first kappa shape index (κ1) is 12.8. The van der Waals surface area contributed by atoms with E-state index in [9.17, 15) is 0 Å². The number of imidazole rings is 1. The highest BCUT2D eigenvalue weighted by Gasteiger charge is 2.25. The molecule has 6 heteroatoms. The van der Waals surface area contributed by atoms with Gasteiger partial charge in [-0.1, -0.05) is 0 Å². The summed E-state index contributed by atoms with van der Waals surface area (Å²) in [6, 6.07) is 0.351. The minimum Gasteiger partial charge on any atom is -0.382 e. The number of thiazole rings is 1. The molecule has 5 nitrogen and oxygen atoms in total. The summed E-state index contributed by atoms with van der Waals surface area (Å²) in [6.45, 7) is 5.70. The average molecular weight is 278 g/mol. The number of methoxy groups -OCH3 is 1. The molecule has 3 heterocycles. The Morgan fingerprint density at radius 1 is 1.53 bits per heavy atom. The Morgan fingerprint density at radius 2 is 2.42 bits per heavy atom. The van der Waals surface area contributed by atoms with Gasteiger partial charge < -0.3 is 9.30 Å². The largest absolute Gasteiger partial charge is 0.382 e. The third kappa shape index (κ3) is 2.56. The highest BCUT2D eigenvalue weighted by Crippen LogP contribution is 2.24. The topological polar surface area (TPSA) is 43.2 Å². The highest BCUT2D eigenvalue weighted by atomic mass is 32.1. The monoisotopic (exact) mass is 278 g/mol. The molecule has 1 aliphatic rings. The summed E-state index contributed by atoms with van der Waals surface area (Å²) < 4.78 is 7.57. The van der Waals surface area contributed by atoms with E-state index in [4.69, 9.17) is 4.74 Å². The molecule has 0 aliphatic carbocycles. The first-order chi connectivity index (χ1) is 9.28. The Kier molecular flexibility index (Phi) is 3.63. The van der Waals surface area contributed by atoms with E-state index in [0.29, 0.717) is 6.04 Å². The zero-order valence-electron chi connectivity index (χ0n) is 11.2. The van der Waals surface area contributed by atoms with Gasteiger partial charge in [0.15, 0.2) is 0 Å². The summed E-state index contributed by atoms with van der Waals surface area (Å²) in [6.07, 6.45) is 3.86. The molecule has 2 aromatic rings. The summed E-state index contributed by atoms with van der Waals surface area (Å²) in [5.41, 5.74) is 4.33. The minimum absolute atomic E-state index is 0.351. The minimum atomic E-state index is 0.351. The predicted molar refractivity (Wildman–Crippen MR) is 74.1 cm³/mol. The lowest BCUT2D eigenvalue weighted by Crippen LogP contribution is -2.38. The fourth-order valence-corrected chi connectivity index (χ4v) is 3.41. The molecule has 1 aliphatic heterocycles. The van der Waals surface area contributed by atoms with E-state index in [2.05, 4.69) is 26.4 Å². The van der Waals surface area contributed by atoms with Gasteiger partial charge in [0.1, 0.15) is 0 Å². The number of hydrogen-bond acceptors (Lipinski definition) is 5. The molecule has 1 atom stereocenters. The van der Waals surface area contributed by atoms with Crippen molar-refractivity contribution in [1.82, 2.24) is 19.4 Å². The highest BCUT2D eigenvalue weighted by molar-refractivity contribution is 7.09. The number of nitrogens with zero attached hydrogens (tertiary/aromatic N) is 4. The zero-order valence-corrected chi connectivity index (χ0v) is 12.1. The van der Waals surface area contributed by atoms with Crippen molar-refractivity contribution in [2.75, 3.05) is 20.3 Å². The molecule has 19 heavy (non-hydrogen) atoms. The summed E-state index contributed by atoms with van der Waals surface area (Å²) in [5.74, 6) is 0. The fourth-order valence-electron chi connectivity index (χ4n) is 2.59. The second-order valence-corrected chi connectivity index (χ2v) is 5.87. The van der Waals surface area contributed by atoms with Crippen LogP contribution in [0.5, 0.6) is 0 Å². The fraction of sp³-hybridized carbons (Fsp3) is 0.538. The standard InChI is InChI=1S/C13H18N4OS/c1-10-13(19-9-15-10)6-16-4-11-3-14-8-17(11)12(5-16)7-18-2/h3,8-9,12H,4-7H2,1-2H3/t12-/m1/s1. The Morgan fingerprint density at radius 3 is 3.16 bits per heavy atom. The van der Waals surface area contributed by atoms with E-state index < -0.39 is 0 Å². The first-order valence-corrected chi connectivity index (χ1v) is 7.27. The Hall–Kier alpha value is -1.24. The number of hydrogen-bond donors (Lipinski definition) is 0. The zero-order chi connectivity index (χ0) is 13.2. The number of aryl methyl sites for hydroxylation is 1. The molecule has 0 spiro atoms. The maximum Gasteiger partial charge on any atom is 0.0952 e. The molecular weight excluding hydrogens is 260 g/mol. The average Bonchev–Trinajstić information content (AvgIpc) is 3.00. The van der Waals surface area contributed by atoms with Gasteiger partial charge in [0.25, 0.3) is 0 Å². The van der Waals surface area contributed by atoms with Crippen molar-refractivity contribution in [2.24, 2.45) is 0 Å². The number of rotatable bonds is 4. The molecule has 0 saturated carbocycles. The quantitative estimate of drug-likeness (QED) is 0.856. The number of fused-ring (bicyclic) bond motifs is 1. The van der Waals surface area contributed by atoms with Crippen molar-refractivity contribution in [3.05, 3.63) is 34.3 Å². The van der Waals surface area contributed by atoms with Crippen molar-refractivity contribution in [3.63, 3.8) is 0 Å². The van der Waals surface area contributed by atoms with Crippen LogP contribution in [-0.4, -0.2) is 39.7 Å². The normalized spacial score (nSPS) is 19.6. The van der Waals surface area contributed by atoms with Gasteiger partial charge in [0.05, 0.1) is 35.9 Å². The van der Waals surface area contributed by atoms with Crippen LogP contribution in [0.15, 0.2) is 18.0 Å². The molecular formula is C13H18N4OS. The van der Waals surface area contributed by atoms with Crippen LogP contribution in [0.3, 0.4) is 0 Å². The Bertz CT molecular complexity index is 550. The van der Waals surface area contributed by atoms with E-state index in [0.717, 1.165) is 31.9 Å². The maximum absolute atomic E-state index is 5.33. The van der Waals surface area contributed by atoms with Crippen LogP contribution in [0.2, 0.25) is 0 Å². The molecule has 0 N–H and O–H groups in total. The van der Waals surface area contributed by atoms with Gasteiger partial charge in [0.2, 0.25) is 0 Å². The molecule has 0 fully saturated rings. The van der Waals surface area contributed by atoms with Crippen LogP contribution in [0.4, 0.5) is 0 Å². The van der Waals surface area contributed by atoms with Gasteiger partial charge in [-0.15, -0.1) is 11.3 Å².